The molecule has 2 N–H and O–H groups in total. The molecule has 2 rings (SSSR count). The van der Waals surface area contributed by atoms with Crippen molar-refractivity contribution in [3.8, 4) is 0 Å². The lowest BCUT2D eigenvalue weighted by molar-refractivity contribution is 0.262. The minimum Gasteiger partial charge on any atom is -0.308 e. The fourth-order valence-corrected chi connectivity index (χ4v) is 2.20. The van der Waals surface area contributed by atoms with Crippen LogP contribution in [0.5, 0.6) is 0 Å². The maximum absolute atomic E-state index is 12.9. The van der Waals surface area contributed by atoms with Crippen molar-refractivity contribution >= 4 is 56.5 Å². The molecule has 20 heavy (non-hydrogen) atoms. The van der Waals surface area contributed by atoms with Gasteiger partial charge in [-0.1, -0.05) is 23.2 Å². The van der Waals surface area contributed by atoms with Gasteiger partial charge in [0.15, 0.2) is 0 Å². The fourth-order valence-electron chi connectivity index (χ4n) is 1.45. The first-order valence-corrected chi connectivity index (χ1v) is 6.99. The van der Waals surface area contributed by atoms with E-state index in [2.05, 4.69) is 26.6 Å². The number of rotatable bonds is 2. The van der Waals surface area contributed by atoms with Gasteiger partial charge >= 0.3 is 6.03 Å². The number of anilines is 2. The van der Waals surface area contributed by atoms with Crippen molar-refractivity contribution in [2.24, 2.45) is 0 Å². The summed E-state index contributed by atoms with van der Waals surface area (Å²) < 4.78 is 13.4. The van der Waals surface area contributed by atoms with Crippen molar-refractivity contribution in [1.82, 2.24) is 0 Å². The maximum Gasteiger partial charge on any atom is 0.323 e. The van der Waals surface area contributed by atoms with Crippen LogP contribution in [-0.4, -0.2) is 6.03 Å². The molecule has 0 aliphatic heterocycles. The monoisotopic (exact) mass is 376 g/mol. The van der Waals surface area contributed by atoms with Crippen LogP contribution in [0, 0.1) is 5.82 Å². The minimum atomic E-state index is -0.476. The number of hydrogen-bond donors (Lipinski definition) is 2. The van der Waals surface area contributed by atoms with Gasteiger partial charge in [0.2, 0.25) is 0 Å². The Hall–Kier alpha value is -1.30. The minimum absolute atomic E-state index is 0.340. The molecule has 0 heterocycles. The summed E-state index contributed by atoms with van der Waals surface area (Å²) in [4.78, 5) is 11.8. The third-order valence-electron chi connectivity index (χ3n) is 2.36. The van der Waals surface area contributed by atoms with E-state index in [9.17, 15) is 9.18 Å². The first kappa shape index (κ1) is 15.1. The van der Waals surface area contributed by atoms with Crippen molar-refractivity contribution in [3.05, 3.63) is 56.7 Å². The quantitative estimate of drug-likeness (QED) is 0.708. The molecular formula is C13H8BrCl2FN2O. The molecule has 7 heteroatoms. The fraction of sp³-hybridized carbons (Fsp3) is 0. The lowest BCUT2D eigenvalue weighted by atomic mass is 10.3. The van der Waals surface area contributed by atoms with Crippen LogP contribution < -0.4 is 10.6 Å². The molecule has 0 saturated carbocycles. The highest BCUT2D eigenvalue weighted by Gasteiger charge is 2.07. The lowest BCUT2D eigenvalue weighted by Crippen LogP contribution is -2.19. The van der Waals surface area contributed by atoms with Crippen LogP contribution in [0.4, 0.5) is 20.6 Å². The Morgan fingerprint density at radius 3 is 2.45 bits per heavy atom. The van der Waals surface area contributed by atoms with Crippen molar-refractivity contribution in [1.29, 1.82) is 0 Å². The predicted octanol–water partition coefficient (Wildman–Crippen LogP) is 5.54. The van der Waals surface area contributed by atoms with Crippen LogP contribution >= 0.6 is 39.1 Å². The van der Waals surface area contributed by atoms with Gasteiger partial charge in [-0.2, -0.15) is 0 Å². The van der Waals surface area contributed by atoms with Gasteiger partial charge in [0.25, 0.3) is 0 Å². The molecule has 0 bridgehead atoms. The van der Waals surface area contributed by atoms with Gasteiger partial charge < -0.3 is 10.6 Å². The van der Waals surface area contributed by atoms with Crippen molar-refractivity contribution in [3.63, 3.8) is 0 Å². The third kappa shape index (κ3) is 3.85. The Balaban J connectivity index is 2.07. The second-order valence-corrected chi connectivity index (χ2v) is 5.50. The van der Waals surface area contributed by atoms with Gasteiger partial charge in [0.05, 0.1) is 15.7 Å². The van der Waals surface area contributed by atoms with Crippen molar-refractivity contribution in [2.75, 3.05) is 10.6 Å². The molecule has 0 aromatic heterocycles. The van der Waals surface area contributed by atoms with Crippen LogP contribution in [0.3, 0.4) is 0 Å². The van der Waals surface area contributed by atoms with Crippen LogP contribution in [-0.2, 0) is 0 Å². The average Bonchev–Trinajstić information content (AvgIpc) is 2.37. The highest BCUT2D eigenvalue weighted by molar-refractivity contribution is 9.10. The summed E-state index contributed by atoms with van der Waals surface area (Å²) in [5, 5.41) is 5.91. The summed E-state index contributed by atoms with van der Waals surface area (Å²) in [6.45, 7) is 0. The predicted molar refractivity (Wildman–Crippen MR) is 83.2 cm³/mol. The summed E-state index contributed by atoms with van der Waals surface area (Å²) in [5.41, 5.74) is 0.944. The second-order valence-electron chi connectivity index (χ2n) is 3.83. The molecule has 2 amide bonds. The molecular weight excluding hydrogens is 370 g/mol. The molecule has 0 radical (unpaired) electrons. The van der Waals surface area contributed by atoms with Gasteiger partial charge in [0.1, 0.15) is 5.82 Å². The number of hydrogen-bond acceptors (Lipinski definition) is 1. The van der Waals surface area contributed by atoms with Crippen LogP contribution in [0.25, 0.3) is 0 Å². The van der Waals surface area contributed by atoms with E-state index >= 15 is 0 Å². The van der Waals surface area contributed by atoms with E-state index in [0.29, 0.717) is 25.9 Å². The van der Waals surface area contributed by atoms with Gasteiger partial charge in [-0.15, -0.1) is 0 Å². The Labute approximate surface area is 133 Å². The summed E-state index contributed by atoms with van der Waals surface area (Å²) in [6, 6.07) is 8.21. The summed E-state index contributed by atoms with van der Waals surface area (Å²) >= 11 is 14.8. The Bertz CT molecular complexity index is 667. The zero-order valence-electron chi connectivity index (χ0n) is 9.88. The first-order valence-electron chi connectivity index (χ1n) is 5.44. The molecule has 0 atom stereocenters. The molecule has 2 aromatic rings. The Morgan fingerprint density at radius 1 is 1.05 bits per heavy atom. The average molecular weight is 378 g/mol. The van der Waals surface area contributed by atoms with E-state index in [0.717, 1.165) is 0 Å². The molecule has 3 nitrogen and oxygen atoms in total. The third-order valence-corrected chi connectivity index (χ3v) is 3.75. The van der Waals surface area contributed by atoms with Gasteiger partial charge in [0, 0.05) is 10.2 Å². The number of carbonyl (C=O) groups is 1. The van der Waals surface area contributed by atoms with Crippen molar-refractivity contribution in [2.45, 2.75) is 0 Å². The number of carbonyl (C=O) groups excluding carboxylic acids is 1. The molecule has 0 aliphatic rings. The van der Waals surface area contributed by atoms with Crippen LogP contribution in [0.1, 0.15) is 0 Å². The molecule has 0 fully saturated rings. The SMILES string of the molecule is O=C(Nc1ccc(Cl)c(Cl)c1)Nc1ccc(F)cc1Br. The largest absolute Gasteiger partial charge is 0.323 e. The number of nitrogens with one attached hydrogen (secondary N) is 2. The van der Waals surface area contributed by atoms with E-state index < -0.39 is 11.8 Å². The van der Waals surface area contributed by atoms with E-state index in [-0.39, 0.29) is 0 Å². The first-order chi connectivity index (χ1) is 9.45. The number of amides is 2. The maximum atomic E-state index is 12.9. The number of halogens is 4. The molecule has 2 aromatic carbocycles. The Kier molecular flexibility index (Phi) is 4.86. The zero-order chi connectivity index (χ0) is 14.7. The topological polar surface area (TPSA) is 41.1 Å². The van der Waals surface area contributed by atoms with Crippen LogP contribution in [0.2, 0.25) is 10.0 Å². The molecule has 0 aliphatic carbocycles. The standard InChI is InChI=1S/C13H8BrCl2FN2O/c14-9-5-7(17)1-4-12(9)19-13(20)18-8-2-3-10(15)11(16)6-8/h1-6H,(H2,18,19,20). The Morgan fingerprint density at radius 2 is 1.80 bits per heavy atom. The summed E-state index contributed by atoms with van der Waals surface area (Å²) in [5.74, 6) is -0.396. The molecule has 0 spiro atoms. The highest BCUT2D eigenvalue weighted by Crippen LogP contribution is 2.26. The van der Waals surface area contributed by atoms with Gasteiger partial charge in [-0.3, -0.25) is 0 Å². The summed E-state index contributed by atoms with van der Waals surface area (Å²) in [7, 11) is 0. The number of benzene rings is 2. The molecule has 0 saturated heterocycles. The zero-order valence-corrected chi connectivity index (χ0v) is 13.0. The normalized spacial score (nSPS) is 10.2. The van der Waals surface area contributed by atoms with E-state index in [1.165, 1.54) is 24.3 Å². The second kappa shape index (κ2) is 6.43. The van der Waals surface area contributed by atoms with Crippen LogP contribution in [0.15, 0.2) is 40.9 Å². The molecule has 104 valence electrons. The van der Waals surface area contributed by atoms with E-state index in [4.69, 9.17) is 23.2 Å². The summed E-state index contributed by atoms with van der Waals surface area (Å²) in [6.07, 6.45) is 0. The van der Waals surface area contributed by atoms with E-state index in [1.54, 1.807) is 12.1 Å². The van der Waals surface area contributed by atoms with Gasteiger partial charge in [-0.25, -0.2) is 9.18 Å². The van der Waals surface area contributed by atoms with Crippen molar-refractivity contribution < 1.29 is 9.18 Å². The smallest absolute Gasteiger partial charge is 0.308 e. The molecule has 0 unspecified atom stereocenters. The van der Waals surface area contributed by atoms with E-state index in [1.807, 2.05) is 0 Å². The highest BCUT2D eigenvalue weighted by atomic mass is 79.9. The number of urea groups is 1. The lowest BCUT2D eigenvalue weighted by Gasteiger charge is -2.09. The van der Waals surface area contributed by atoms with Gasteiger partial charge in [-0.05, 0) is 52.3 Å².